The summed E-state index contributed by atoms with van der Waals surface area (Å²) in [6.45, 7) is 0.831. The normalized spacial score (nSPS) is 20.6. The van der Waals surface area contributed by atoms with Crippen molar-refractivity contribution in [3.63, 3.8) is 0 Å². The number of rotatable bonds is 3. The van der Waals surface area contributed by atoms with E-state index in [1.165, 1.54) is 10.4 Å². The zero-order valence-electron chi connectivity index (χ0n) is 11.1. The molecule has 0 aliphatic carbocycles. The predicted octanol–water partition coefficient (Wildman–Crippen LogP) is 1.07. The Morgan fingerprint density at radius 3 is 2.90 bits per heavy atom. The molecule has 0 saturated carbocycles. The number of halogens is 1. The number of piperidine rings is 1. The predicted molar refractivity (Wildman–Crippen MR) is 72.0 cm³/mol. The number of sulfonamides is 1. The standard InChI is InChI=1S/C13H16FN3O2S/c1-16-11-3-2-6-17(9-11)20(18,19)12-4-5-13(14)10(7-12)8-15/h4-5,7,11,16H,2-3,6,9H2,1H3. The lowest BCUT2D eigenvalue weighted by molar-refractivity contribution is 0.293. The molecule has 1 aromatic carbocycles. The molecule has 0 amide bonds. The monoisotopic (exact) mass is 297 g/mol. The highest BCUT2D eigenvalue weighted by atomic mass is 32.2. The zero-order valence-corrected chi connectivity index (χ0v) is 12.0. The second-order valence-electron chi connectivity index (χ2n) is 4.74. The average Bonchev–Trinajstić information content (AvgIpc) is 2.47. The maximum absolute atomic E-state index is 13.3. The molecule has 1 unspecified atom stereocenters. The molecule has 1 fully saturated rings. The Morgan fingerprint density at radius 2 is 2.25 bits per heavy atom. The van der Waals surface area contributed by atoms with Gasteiger partial charge in [0, 0.05) is 19.1 Å². The van der Waals surface area contributed by atoms with Crippen LogP contribution in [0.2, 0.25) is 0 Å². The Morgan fingerprint density at radius 1 is 1.50 bits per heavy atom. The van der Waals surface area contributed by atoms with Crippen LogP contribution in [0.1, 0.15) is 18.4 Å². The van der Waals surface area contributed by atoms with Gasteiger partial charge in [0.1, 0.15) is 11.9 Å². The summed E-state index contributed by atoms with van der Waals surface area (Å²) in [7, 11) is -1.88. The molecule has 1 heterocycles. The van der Waals surface area contributed by atoms with E-state index in [-0.39, 0.29) is 16.5 Å². The first-order valence-electron chi connectivity index (χ1n) is 6.36. The number of nitrogens with zero attached hydrogens (tertiary/aromatic N) is 2. The Balaban J connectivity index is 2.33. The molecular formula is C13H16FN3O2S. The van der Waals surface area contributed by atoms with E-state index in [9.17, 15) is 12.8 Å². The van der Waals surface area contributed by atoms with Crippen molar-refractivity contribution >= 4 is 10.0 Å². The average molecular weight is 297 g/mol. The van der Waals surface area contributed by atoms with Crippen LogP contribution in [0, 0.1) is 17.1 Å². The van der Waals surface area contributed by atoms with Crippen molar-refractivity contribution in [3.8, 4) is 6.07 Å². The maximum Gasteiger partial charge on any atom is 0.243 e. The highest BCUT2D eigenvalue weighted by Gasteiger charge is 2.30. The lowest BCUT2D eigenvalue weighted by Gasteiger charge is -2.31. The van der Waals surface area contributed by atoms with Crippen molar-refractivity contribution in [1.82, 2.24) is 9.62 Å². The Kier molecular flexibility index (Phi) is 4.38. The highest BCUT2D eigenvalue weighted by molar-refractivity contribution is 7.89. The first-order chi connectivity index (χ1) is 9.48. The summed E-state index contributed by atoms with van der Waals surface area (Å²) in [6.07, 6.45) is 1.70. The summed E-state index contributed by atoms with van der Waals surface area (Å²) >= 11 is 0. The summed E-state index contributed by atoms with van der Waals surface area (Å²) in [6, 6.07) is 5.09. The molecule has 1 saturated heterocycles. The Labute approximate surface area is 118 Å². The topological polar surface area (TPSA) is 73.2 Å². The fourth-order valence-electron chi connectivity index (χ4n) is 2.30. The molecule has 1 aliphatic heterocycles. The zero-order chi connectivity index (χ0) is 14.8. The second kappa shape index (κ2) is 5.87. The van der Waals surface area contributed by atoms with Gasteiger partial charge in [-0.05, 0) is 38.1 Å². The number of nitrogens with one attached hydrogen (secondary N) is 1. The van der Waals surface area contributed by atoms with E-state index in [4.69, 9.17) is 5.26 Å². The molecule has 0 aromatic heterocycles. The van der Waals surface area contributed by atoms with E-state index in [1.807, 2.05) is 0 Å². The number of benzene rings is 1. The van der Waals surface area contributed by atoms with E-state index in [1.54, 1.807) is 13.1 Å². The fraction of sp³-hybridized carbons (Fsp3) is 0.462. The van der Waals surface area contributed by atoms with Gasteiger partial charge in [-0.3, -0.25) is 0 Å². The minimum atomic E-state index is -3.68. The van der Waals surface area contributed by atoms with E-state index in [2.05, 4.69) is 5.32 Å². The lowest BCUT2D eigenvalue weighted by Crippen LogP contribution is -2.46. The molecule has 7 heteroatoms. The molecule has 2 rings (SSSR count). The summed E-state index contributed by atoms with van der Waals surface area (Å²) in [5, 5.41) is 11.9. The van der Waals surface area contributed by atoms with Crippen LogP contribution >= 0.6 is 0 Å². The smallest absolute Gasteiger partial charge is 0.243 e. The summed E-state index contributed by atoms with van der Waals surface area (Å²) < 4.78 is 39.6. The molecular weight excluding hydrogens is 281 g/mol. The van der Waals surface area contributed by atoms with Crippen LogP contribution in [-0.2, 0) is 10.0 Å². The number of likely N-dealkylation sites (N-methyl/N-ethyl adjacent to an activating group) is 1. The van der Waals surface area contributed by atoms with Crippen LogP contribution in [0.4, 0.5) is 4.39 Å². The first-order valence-corrected chi connectivity index (χ1v) is 7.80. The van der Waals surface area contributed by atoms with Gasteiger partial charge in [0.15, 0.2) is 0 Å². The molecule has 20 heavy (non-hydrogen) atoms. The van der Waals surface area contributed by atoms with Gasteiger partial charge in [0.2, 0.25) is 10.0 Å². The third-order valence-corrected chi connectivity index (χ3v) is 5.35. The van der Waals surface area contributed by atoms with Gasteiger partial charge in [-0.2, -0.15) is 9.57 Å². The summed E-state index contributed by atoms with van der Waals surface area (Å²) in [5.41, 5.74) is -0.256. The summed E-state index contributed by atoms with van der Waals surface area (Å²) in [5.74, 6) is -0.710. The van der Waals surface area contributed by atoms with Crippen LogP contribution in [0.3, 0.4) is 0 Å². The molecule has 1 aromatic rings. The molecule has 5 nitrogen and oxygen atoms in total. The van der Waals surface area contributed by atoms with Gasteiger partial charge in [0.25, 0.3) is 0 Å². The third-order valence-electron chi connectivity index (χ3n) is 3.49. The van der Waals surface area contributed by atoms with Crippen LogP contribution in [-0.4, -0.2) is 38.9 Å². The maximum atomic E-state index is 13.3. The molecule has 0 bridgehead atoms. The SMILES string of the molecule is CNC1CCCN(S(=O)(=O)c2ccc(F)c(C#N)c2)C1. The third kappa shape index (κ3) is 2.82. The minimum absolute atomic E-state index is 0.0350. The number of nitriles is 1. The van der Waals surface area contributed by atoms with Crippen molar-refractivity contribution in [3.05, 3.63) is 29.6 Å². The van der Waals surface area contributed by atoms with Gasteiger partial charge in [0.05, 0.1) is 10.5 Å². The fourth-order valence-corrected chi connectivity index (χ4v) is 3.85. The first kappa shape index (κ1) is 14.9. The van der Waals surface area contributed by atoms with Gasteiger partial charge >= 0.3 is 0 Å². The van der Waals surface area contributed by atoms with E-state index in [0.717, 1.165) is 25.0 Å². The van der Waals surface area contributed by atoms with Crippen molar-refractivity contribution in [2.45, 2.75) is 23.8 Å². The minimum Gasteiger partial charge on any atom is -0.316 e. The number of hydrogen-bond donors (Lipinski definition) is 1. The van der Waals surface area contributed by atoms with Crippen molar-refractivity contribution in [2.75, 3.05) is 20.1 Å². The highest BCUT2D eigenvalue weighted by Crippen LogP contribution is 2.22. The molecule has 1 aliphatic rings. The van der Waals surface area contributed by atoms with Crippen LogP contribution in [0.5, 0.6) is 0 Å². The van der Waals surface area contributed by atoms with Crippen molar-refractivity contribution < 1.29 is 12.8 Å². The van der Waals surface area contributed by atoms with E-state index >= 15 is 0 Å². The molecule has 108 valence electrons. The Hall–Kier alpha value is -1.49. The molecule has 0 radical (unpaired) electrons. The van der Waals surface area contributed by atoms with E-state index in [0.29, 0.717) is 13.1 Å². The van der Waals surface area contributed by atoms with Gasteiger partial charge in [-0.25, -0.2) is 12.8 Å². The summed E-state index contributed by atoms with van der Waals surface area (Å²) in [4.78, 5) is -0.0350. The second-order valence-corrected chi connectivity index (χ2v) is 6.68. The van der Waals surface area contributed by atoms with Gasteiger partial charge in [-0.15, -0.1) is 0 Å². The van der Waals surface area contributed by atoms with Gasteiger partial charge in [-0.1, -0.05) is 0 Å². The van der Waals surface area contributed by atoms with Crippen LogP contribution in [0.25, 0.3) is 0 Å². The van der Waals surface area contributed by atoms with Crippen molar-refractivity contribution in [1.29, 1.82) is 5.26 Å². The molecule has 1 N–H and O–H groups in total. The number of hydrogen-bond acceptors (Lipinski definition) is 4. The van der Waals surface area contributed by atoms with Crippen molar-refractivity contribution in [2.24, 2.45) is 0 Å². The van der Waals surface area contributed by atoms with Crippen LogP contribution in [0.15, 0.2) is 23.1 Å². The lowest BCUT2D eigenvalue weighted by atomic mass is 10.1. The van der Waals surface area contributed by atoms with E-state index < -0.39 is 15.8 Å². The Bertz CT molecular complexity index is 640. The van der Waals surface area contributed by atoms with Crippen LogP contribution < -0.4 is 5.32 Å². The molecule has 0 spiro atoms. The quantitative estimate of drug-likeness (QED) is 0.905. The van der Waals surface area contributed by atoms with Gasteiger partial charge < -0.3 is 5.32 Å². The largest absolute Gasteiger partial charge is 0.316 e. The molecule has 1 atom stereocenters.